The number of hydrogen-bond donors (Lipinski definition) is 1. The average molecular weight is 381 g/mol. The van der Waals surface area contributed by atoms with Gasteiger partial charge in [0.05, 0.1) is 10.8 Å². The van der Waals surface area contributed by atoms with Crippen LogP contribution >= 0.6 is 0 Å². The number of alkyl halides is 3. The Morgan fingerprint density at radius 2 is 1.92 bits per heavy atom. The molecular formula is C15H18F3NO5S. The maximum absolute atomic E-state index is 12.7. The molecular weight excluding hydrogens is 363 g/mol. The van der Waals surface area contributed by atoms with E-state index >= 15 is 0 Å². The minimum Gasteiger partial charge on any atom is -0.484 e. The van der Waals surface area contributed by atoms with Gasteiger partial charge in [0.15, 0.2) is 6.61 Å². The third kappa shape index (κ3) is 4.63. The first-order chi connectivity index (χ1) is 11.5. The standard InChI is InChI=1S/C15H18F3NO5S/c1-10-13(14(20)21)3-2-8-19(10)25(22,23)12-6-4-11(5-7-12)24-9-15(16,17)18/h4-7,10,13H,2-3,8-9H2,1H3,(H,20,21)/t10-,13-/m1/s1. The van der Waals surface area contributed by atoms with Crippen LogP contribution in [0.3, 0.4) is 0 Å². The molecule has 1 N–H and O–H groups in total. The Balaban J connectivity index is 2.17. The second kappa shape index (κ2) is 7.20. The molecule has 1 aliphatic rings. The first kappa shape index (κ1) is 19.5. The van der Waals surface area contributed by atoms with Crippen LogP contribution in [0.15, 0.2) is 29.2 Å². The maximum Gasteiger partial charge on any atom is 0.422 e. The zero-order valence-corrected chi connectivity index (χ0v) is 14.2. The van der Waals surface area contributed by atoms with Crippen LogP contribution in [-0.4, -0.2) is 49.2 Å². The second-order valence-corrected chi connectivity index (χ2v) is 7.71. The number of carboxylic acids is 1. The number of piperidine rings is 1. The van der Waals surface area contributed by atoms with Gasteiger partial charge in [-0.1, -0.05) is 0 Å². The van der Waals surface area contributed by atoms with E-state index in [1.807, 2.05) is 0 Å². The molecule has 1 fully saturated rings. The lowest BCUT2D eigenvalue weighted by Crippen LogP contribution is -2.48. The molecule has 10 heteroatoms. The summed E-state index contributed by atoms with van der Waals surface area (Å²) in [6.07, 6.45) is -3.67. The van der Waals surface area contributed by atoms with Crippen molar-refractivity contribution in [3.8, 4) is 5.75 Å². The van der Waals surface area contributed by atoms with Crippen molar-refractivity contribution >= 4 is 16.0 Å². The smallest absolute Gasteiger partial charge is 0.422 e. The van der Waals surface area contributed by atoms with Crippen LogP contribution in [0.1, 0.15) is 19.8 Å². The van der Waals surface area contributed by atoms with Gasteiger partial charge in [0, 0.05) is 12.6 Å². The number of hydrogen-bond acceptors (Lipinski definition) is 4. The van der Waals surface area contributed by atoms with E-state index in [9.17, 15) is 31.5 Å². The molecule has 0 unspecified atom stereocenters. The number of carboxylic acid groups (broad SMARTS) is 1. The predicted octanol–water partition coefficient (Wildman–Crippen LogP) is 2.50. The zero-order valence-electron chi connectivity index (χ0n) is 13.4. The number of ether oxygens (including phenoxy) is 1. The first-order valence-corrected chi connectivity index (χ1v) is 9.00. The summed E-state index contributed by atoms with van der Waals surface area (Å²) in [5.74, 6) is -1.95. The van der Waals surface area contributed by atoms with Gasteiger partial charge in [-0.2, -0.15) is 17.5 Å². The summed E-state index contributed by atoms with van der Waals surface area (Å²) in [4.78, 5) is 11.1. The summed E-state index contributed by atoms with van der Waals surface area (Å²) in [6.45, 7) is 0.262. The third-order valence-corrected chi connectivity index (χ3v) is 6.08. The molecule has 140 valence electrons. The van der Waals surface area contributed by atoms with E-state index in [4.69, 9.17) is 0 Å². The minimum atomic E-state index is -4.49. The quantitative estimate of drug-likeness (QED) is 0.847. The van der Waals surface area contributed by atoms with Crippen LogP contribution in [0.5, 0.6) is 5.75 Å². The van der Waals surface area contributed by atoms with E-state index in [0.29, 0.717) is 12.8 Å². The highest BCUT2D eigenvalue weighted by molar-refractivity contribution is 7.89. The monoisotopic (exact) mass is 381 g/mol. The third-order valence-electron chi connectivity index (χ3n) is 4.08. The summed E-state index contributed by atoms with van der Waals surface area (Å²) in [6, 6.07) is 3.87. The Morgan fingerprint density at radius 3 is 2.44 bits per heavy atom. The van der Waals surface area contributed by atoms with Gasteiger partial charge in [-0.15, -0.1) is 0 Å². The lowest BCUT2D eigenvalue weighted by Gasteiger charge is -2.36. The fourth-order valence-electron chi connectivity index (χ4n) is 2.79. The van der Waals surface area contributed by atoms with Gasteiger partial charge in [0.25, 0.3) is 0 Å². The van der Waals surface area contributed by atoms with Crippen molar-refractivity contribution < 1.29 is 36.2 Å². The van der Waals surface area contributed by atoms with Crippen molar-refractivity contribution in [2.45, 2.75) is 36.9 Å². The predicted molar refractivity (Wildman–Crippen MR) is 81.7 cm³/mol. The average Bonchev–Trinajstić information content (AvgIpc) is 2.52. The van der Waals surface area contributed by atoms with Crippen LogP contribution in [0.25, 0.3) is 0 Å². The van der Waals surface area contributed by atoms with Crippen LogP contribution in [0.4, 0.5) is 13.2 Å². The molecule has 25 heavy (non-hydrogen) atoms. The normalized spacial score (nSPS) is 22.6. The summed E-state index contributed by atoms with van der Waals surface area (Å²) >= 11 is 0. The Morgan fingerprint density at radius 1 is 1.32 bits per heavy atom. The van der Waals surface area contributed by atoms with E-state index in [-0.39, 0.29) is 17.2 Å². The molecule has 2 atom stereocenters. The Bertz CT molecular complexity index is 718. The Kier molecular flexibility index (Phi) is 5.62. The minimum absolute atomic E-state index is 0.105. The molecule has 2 rings (SSSR count). The van der Waals surface area contributed by atoms with Crippen molar-refractivity contribution in [1.29, 1.82) is 0 Å². The Hall–Kier alpha value is -1.81. The highest BCUT2D eigenvalue weighted by Gasteiger charge is 2.39. The summed E-state index contributed by atoms with van der Waals surface area (Å²) < 4.78 is 67.4. The largest absolute Gasteiger partial charge is 0.484 e. The topological polar surface area (TPSA) is 83.9 Å². The molecule has 1 heterocycles. The number of benzene rings is 1. The second-order valence-electron chi connectivity index (χ2n) is 5.82. The van der Waals surface area contributed by atoms with Crippen molar-refractivity contribution in [3.63, 3.8) is 0 Å². The van der Waals surface area contributed by atoms with Gasteiger partial charge in [0.1, 0.15) is 5.75 Å². The van der Waals surface area contributed by atoms with E-state index in [1.165, 1.54) is 6.92 Å². The van der Waals surface area contributed by atoms with Crippen LogP contribution in [0.2, 0.25) is 0 Å². The highest BCUT2D eigenvalue weighted by Crippen LogP contribution is 2.30. The molecule has 0 saturated carbocycles. The molecule has 6 nitrogen and oxygen atoms in total. The molecule has 1 aromatic carbocycles. The van der Waals surface area contributed by atoms with Crippen molar-refractivity contribution in [2.24, 2.45) is 5.92 Å². The van der Waals surface area contributed by atoms with Gasteiger partial charge in [-0.25, -0.2) is 8.42 Å². The molecule has 1 aromatic rings. The molecule has 1 aliphatic heterocycles. The molecule has 0 amide bonds. The molecule has 0 radical (unpaired) electrons. The SMILES string of the molecule is C[C@@H]1[C@H](C(=O)O)CCCN1S(=O)(=O)c1ccc(OCC(F)(F)F)cc1. The number of nitrogens with zero attached hydrogens (tertiary/aromatic N) is 1. The number of rotatable bonds is 5. The zero-order chi connectivity index (χ0) is 18.8. The van der Waals surface area contributed by atoms with Crippen LogP contribution in [-0.2, 0) is 14.8 Å². The molecule has 1 saturated heterocycles. The fraction of sp³-hybridized carbons (Fsp3) is 0.533. The highest BCUT2D eigenvalue weighted by atomic mass is 32.2. The van der Waals surface area contributed by atoms with Gasteiger partial charge < -0.3 is 9.84 Å². The first-order valence-electron chi connectivity index (χ1n) is 7.56. The van der Waals surface area contributed by atoms with E-state index in [1.54, 1.807) is 0 Å². The van der Waals surface area contributed by atoms with Gasteiger partial charge in [-0.3, -0.25) is 4.79 Å². The summed E-state index contributed by atoms with van der Waals surface area (Å²) in [5.41, 5.74) is 0. The van der Waals surface area contributed by atoms with Crippen LogP contribution < -0.4 is 4.74 Å². The van der Waals surface area contributed by atoms with Crippen LogP contribution in [0, 0.1) is 5.92 Å². The molecule has 0 bridgehead atoms. The molecule has 0 aliphatic carbocycles. The number of halogens is 3. The summed E-state index contributed by atoms with van der Waals surface area (Å²) in [7, 11) is -3.95. The Labute approximate surface area is 143 Å². The number of carbonyl (C=O) groups is 1. The van der Waals surface area contributed by atoms with E-state index < -0.39 is 40.7 Å². The van der Waals surface area contributed by atoms with Gasteiger partial charge in [0.2, 0.25) is 10.0 Å². The summed E-state index contributed by atoms with van der Waals surface area (Å²) in [5, 5.41) is 9.19. The fourth-order valence-corrected chi connectivity index (χ4v) is 4.49. The van der Waals surface area contributed by atoms with E-state index in [2.05, 4.69) is 4.74 Å². The van der Waals surface area contributed by atoms with Gasteiger partial charge >= 0.3 is 12.1 Å². The molecule has 0 spiro atoms. The van der Waals surface area contributed by atoms with E-state index in [0.717, 1.165) is 28.6 Å². The number of aliphatic carboxylic acids is 1. The maximum atomic E-state index is 12.7. The molecule has 0 aromatic heterocycles. The van der Waals surface area contributed by atoms with Gasteiger partial charge in [-0.05, 0) is 44.0 Å². The lowest BCUT2D eigenvalue weighted by molar-refractivity contribution is -0.153. The van der Waals surface area contributed by atoms with Crippen molar-refractivity contribution in [3.05, 3.63) is 24.3 Å². The number of sulfonamides is 1. The lowest BCUT2D eigenvalue weighted by atomic mass is 9.92. The van der Waals surface area contributed by atoms with Crippen molar-refractivity contribution in [1.82, 2.24) is 4.31 Å². The van der Waals surface area contributed by atoms with Crippen molar-refractivity contribution in [2.75, 3.05) is 13.2 Å².